The zero-order chi connectivity index (χ0) is 22.1. The number of aromatic nitrogens is 2. The van der Waals surface area contributed by atoms with Gasteiger partial charge in [-0.05, 0) is 42.9 Å². The van der Waals surface area contributed by atoms with Gasteiger partial charge in [-0.1, -0.05) is 38.5 Å². The fourth-order valence-corrected chi connectivity index (χ4v) is 5.68. The summed E-state index contributed by atoms with van der Waals surface area (Å²) in [5.74, 6) is 2.86. The van der Waals surface area contributed by atoms with E-state index in [-0.39, 0.29) is 12.8 Å². The van der Waals surface area contributed by atoms with E-state index in [0.29, 0.717) is 24.3 Å². The molecule has 2 aromatic rings. The fourth-order valence-electron chi connectivity index (χ4n) is 4.53. The van der Waals surface area contributed by atoms with Crippen LogP contribution in [0, 0.1) is 11.8 Å². The van der Waals surface area contributed by atoms with Crippen molar-refractivity contribution in [3.8, 4) is 22.8 Å². The smallest absolute Gasteiger partial charge is 0.231 e. The maximum atomic E-state index is 6.31. The summed E-state index contributed by atoms with van der Waals surface area (Å²) >= 11 is 1.67. The van der Waals surface area contributed by atoms with Crippen molar-refractivity contribution in [2.45, 2.75) is 50.5 Å². The number of nitrogens with one attached hydrogen (secondary N) is 1. The highest BCUT2D eigenvalue weighted by atomic mass is 32.2. The second-order valence-electron chi connectivity index (χ2n) is 8.40. The average molecular weight is 453 g/mol. The van der Waals surface area contributed by atoms with Gasteiger partial charge < -0.3 is 15.2 Å². The summed E-state index contributed by atoms with van der Waals surface area (Å²) in [6.45, 7) is 5.15. The Morgan fingerprint density at radius 1 is 1.22 bits per heavy atom. The summed E-state index contributed by atoms with van der Waals surface area (Å²) in [5, 5.41) is 8.25. The number of aliphatic imine (C=N–C) groups is 3. The van der Waals surface area contributed by atoms with Crippen LogP contribution in [0.1, 0.15) is 39.5 Å². The summed E-state index contributed by atoms with van der Waals surface area (Å²) in [4.78, 5) is 15.2. The third-order valence-corrected chi connectivity index (χ3v) is 7.44. The van der Waals surface area contributed by atoms with Crippen LogP contribution in [0.4, 0.5) is 0 Å². The average Bonchev–Trinajstić information content (AvgIpc) is 3.46. The van der Waals surface area contributed by atoms with Gasteiger partial charge in [0, 0.05) is 22.4 Å². The van der Waals surface area contributed by atoms with Gasteiger partial charge in [-0.3, -0.25) is 15.1 Å². The van der Waals surface area contributed by atoms with E-state index in [1.807, 2.05) is 18.2 Å². The van der Waals surface area contributed by atoms with Gasteiger partial charge in [0.05, 0.1) is 10.7 Å². The van der Waals surface area contributed by atoms with E-state index in [0.717, 1.165) is 51.2 Å². The zero-order valence-electron chi connectivity index (χ0n) is 18.4. The van der Waals surface area contributed by atoms with E-state index in [9.17, 15) is 0 Å². The number of benzene rings is 1. The molecule has 3 aliphatic heterocycles. The molecule has 0 saturated carbocycles. The zero-order valence-corrected chi connectivity index (χ0v) is 19.2. The Hall–Kier alpha value is -2.81. The first kappa shape index (κ1) is 21.1. The fraction of sp³-hybridized carbons (Fsp3) is 0.478. The van der Waals surface area contributed by atoms with Crippen LogP contribution in [0.2, 0.25) is 0 Å². The third-order valence-electron chi connectivity index (χ3n) is 6.37. The topological polar surface area (TPSA) is 110 Å². The molecule has 0 bridgehead atoms. The lowest BCUT2D eigenvalue weighted by Crippen LogP contribution is -2.41. The van der Waals surface area contributed by atoms with E-state index in [4.69, 9.17) is 25.2 Å². The molecule has 32 heavy (non-hydrogen) atoms. The van der Waals surface area contributed by atoms with Crippen molar-refractivity contribution in [3.63, 3.8) is 0 Å². The minimum Gasteiger partial charge on any atom is -0.454 e. The van der Waals surface area contributed by atoms with Gasteiger partial charge in [-0.2, -0.15) is 5.10 Å². The normalized spacial score (nSPS) is 24.3. The van der Waals surface area contributed by atoms with Crippen LogP contribution in [-0.2, 0) is 0 Å². The molecule has 3 aliphatic rings. The van der Waals surface area contributed by atoms with Crippen molar-refractivity contribution >= 4 is 28.4 Å². The van der Waals surface area contributed by atoms with E-state index >= 15 is 0 Å². The number of thioether (sulfide) groups is 1. The Labute approximate surface area is 191 Å². The predicted octanol–water partition coefficient (Wildman–Crippen LogP) is 4.28. The number of ether oxygens (including phenoxy) is 2. The first-order valence-electron chi connectivity index (χ1n) is 11.2. The first-order chi connectivity index (χ1) is 15.6. The molecule has 0 amide bonds. The standard InChI is InChI=1S/C23H28N6O2S/c1-3-4-5-14-8-20(28-22-21(13(14)2)25-11-26-23(22)24)32-19-10-18-17(30-12-31-18)9-15(19)16-6-7-27-29-16/h6-7,9-10,13-14,22H,3-5,8,11-12H2,1-2H3,(H2,24,26)(H,27,29). The number of nitrogens with two attached hydrogens (primary N) is 1. The molecule has 5 rings (SSSR count). The lowest BCUT2D eigenvalue weighted by Gasteiger charge is -2.26. The van der Waals surface area contributed by atoms with Gasteiger partial charge in [0.15, 0.2) is 11.5 Å². The molecule has 1 aromatic heterocycles. The number of H-pyrrole nitrogens is 1. The third kappa shape index (κ3) is 4.01. The van der Waals surface area contributed by atoms with Gasteiger partial charge in [-0.25, -0.2) is 4.99 Å². The number of unbranched alkanes of at least 4 members (excludes halogenated alkanes) is 1. The summed E-state index contributed by atoms with van der Waals surface area (Å²) in [7, 11) is 0. The van der Waals surface area contributed by atoms with Gasteiger partial charge in [0.25, 0.3) is 0 Å². The number of hydrogen-bond acceptors (Lipinski definition) is 8. The molecular formula is C23H28N6O2S. The Balaban J connectivity index is 1.53. The van der Waals surface area contributed by atoms with Gasteiger partial charge in [-0.15, -0.1) is 0 Å². The van der Waals surface area contributed by atoms with Crippen LogP contribution >= 0.6 is 11.8 Å². The number of rotatable bonds is 5. The molecule has 3 unspecified atom stereocenters. The largest absolute Gasteiger partial charge is 0.454 e. The van der Waals surface area contributed by atoms with Crippen LogP contribution in [0.3, 0.4) is 0 Å². The molecule has 0 fully saturated rings. The molecule has 3 N–H and O–H groups in total. The Morgan fingerprint density at radius 2 is 2.06 bits per heavy atom. The quantitative estimate of drug-likeness (QED) is 0.703. The lowest BCUT2D eigenvalue weighted by atomic mass is 9.82. The number of fused-ring (bicyclic) bond motifs is 2. The predicted molar refractivity (Wildman–Crippen MR) is 128 cm³/mol. The Kier molecular flexibility index (Phi) is 5.91. The Morgan fingerprint density at radius 3 is 2.84 bits per heavy atom. The molecule has 168 valence electrons. The SMILES string of the molecule is CCCCC1CC(Sc2cc3c(cc2-c2ccn[nH]2)OCO3)=NC2C(N)=NCN=C2C1C. The van der Waals surface area contributed by atoms with Crippen LogP contribution in [-0.4, -0.2) is 46.3 Å². The van der Waals surface area contributed by atoms with E-state index < -0.39 is 0 Å². The number of aromatic amines is 1. The monoisotopic (exact) mass is 452 g/mol. The van der Waals surface area contributed by atoms with E-state index in [1.165, 1.54) is 12.8 Å². The molecule has 8 nitrogen and oxygen atoms in total. The molecule has 9 heteroatoms. The van der Waals surface area contributed by atoms with Gasteiger partial charge >= 0.3 is 0 Å². The van der Waals surface area contributed by atoms with Crippen LogP contribution in [0.25, 0.3) is 11.3 Å². The summed E-state index contributed by atoms with van der Waals surface area (Å²) < 4.78 is 11.3. The van der Waals surface area contributed by atoms with Gasteiger partial charge in [0.1, 0.15) is 18.5 Å². The molecule has 4 heterocycles. The summed E-state index contributed by atoms with van der Waals surface area (Å²) in [6, 6.07) is 5.74. The molecule has 0 aliphatic carbocycles. The number of amidine groups is 1. The second-order valence-corrected chi connectivity index (χ2v) is 9.52. The molecule has 0 radical (unpaired) electrons. The van der Waals surface area contributed by atoms with Crippen molar-refractivity contribution in [2.75, 3.05) is 13.5 Å². The van der Waals surface area contributed by atoms with Crippen molar-refractivity contribution in [2.24, 2.45) is 32.5 Å². The highest BCUT2D eigenvalue weighted by Crippen LogP contribution is 2.44. The molecule has 0 spiro atoms. The molecule has 3 atom stereocenters. The first-order valence-corrected chi connectivity index (χ1v) is 12.0. The van der Waals surface area contributed by atoms with Crippen molar-refractivity contribution < 1.29 is 9.47 Å². The van der Waals surface area contributed by atoms with Gasteiger partial charge in [0.2, 0.25) is 6.79 Å². The van der Waals surface area contributed by atoms with Crippen molar-refractivity contribution in [1.29, 1.82) is 0 Å². The molecule has 0 saturated heterocycles. The summed E-state index contributed by atoms with van der Waals surface area (Å²) in [6.07, 6.45) is 6.16. The van der Waals surface area contributed by atoms with Crippen molar-refractivity contribution in [3.05, 3.63) is 24.4 Å². The van der Waals surface area contributed by atoms with E-state index in [2.05, 4.69) is 29.0 Å². The lowest BCUT2D eigenvalue weighted by molar-refractivity contribution is 0.174. The second kappa shape index (κ2) is 8.97. The summed E-state index contributed by atoms with van der Waals surface area (Å²) in [5.41, 5.74) is 9.33. The molecular weight excluding hydrogens is 424 g/mol. The maximum absolute atomic E-state index is 6.31. The van der Waals surface area contributed by atoms with Crippen LogP contribution in [0.15, 0.2) is 44.3 Å². The van der Waals surface area contributed by atoms with Crippen LogP contribution < -0.4 is 15.2 Å². The minimum absolute atomic E-state index is 0.234. The number of hydrogen-bond donors (Lipinski definition) is 2. The van der Waals surface area contributed by atoms with Crippen LogP contribution in [0.5, 0.6) is 11.5 Å². The number of nitrogens with zero attached hydrogens (tertiary/aromatic N) is 4. The Bertz CT molecular complexity index is 1080. The highest BCUT2D eigenvalue weighted by molar-refractivity contribution is 8.14. The van der Waals surface area contributed by atoms with Crippen molar-refractivity contribution in [1.82, 2.24) is 10.2 Å². The maximum Gasteiger partial charge on any atom is 0.231 e. The highest BCUT2D eigenvalue weighted by Gasteiger charge is 2.35. The minimum atomic E-state index is -0.266. The van der Waals surface area contributed by atoms with E-state index in [1.54, 1.807) is 18.0 Å². The molecule has 1 aromatic carbocycles.